The van der Waals surface area contributed by atoms with Gasteiger partial charge in [-0.15, -0.1) is 0 Å². The number of benzene rings is 3. The second kappa shape index (κ2) is 7.81. The molecule has 3 aromatic carbocycles. The fourth-order valence-electron chi connectivity index (χ4n) is 2.52. The lowest BCUT2D eigenvalue weighted by Crippen LogP contribution is -2.28. The molecule has 1 amide bonds. The highest BCUT2D eigenvalue weighted by molar-refractivity contribution is 7.89. The molecule has 0 fully saturated rings. The van der Waals surface area contributed by atoms with Crippen molar-refractivity contribution in [1.82, 2.24) is 4.72 Å². The van der Waals surface area contributed by atoms with E-state index in [1.165, 1.54) is 6.07 Å². The maximum Gasteiger partial charge on any atom is 0.240 e. The molecule has 0 aliphatic carbocycles. The van der Waals surface area contributed by atoms with Gasteiger partial charge in [0.05, 0.1) is 10.6 Å². The van der Waals surface area contributed by atoms with E-state index in [4.69, 9.17) is 0 Å². The molecule has 3 aromatic rings. The van der Waals surface area contributed by atoms with Crippen molar-refractivity contribution in [3.05, 3.63) is 72.3 Å². The van der Waals surface area contributed by atoms with Gasteiger partial charge in [0.2, 0.25) is 15.9 Å². The molecule has 0 bridgehead atoms. The summed E-state index contributed by atoms with van der Waals surface area (Å²) in [5.74, 6) is -2.25. The number of carbonyl (C=O) groups is 1. The summed E-state index contributed by atoms with van der Waals surface area (Å²) in [7, 11) is -3.79. The number of amides is 1. The molecule has 0 aliphatic heterocycles. The Bertz CT molecular complexity index is 1100. The Kier molecular flexibility index (Phi) is 5.48. The molecule has 140 valence electrons. The Morgan fingerprint density at radius 2 is 1.67 bits per heavy atom. The van der Waals surface area contributed by atoms with E-state index >= 15 is 0 Å². The maximum atomic E-state index is 13.5. The highest BCUT2D eigenvalue weighted by Gasteiger charge is 2.15. The van der Waals surface area contributed by atoms with Crippen LogP contribution in [0.15, 0.2) is 65.6 Å². The van der Waals surface area contributed by atoms with Crippen molar-refractivity contribution in [2.75, 3.05) is 11.9 Å². The van der Waals surface area contributed by atoms with Crippen LogP contribution in [0.4, 0.5) is 14.5 Å². The summed E-state index contributed by atoms with van der Waals surface area (Å²) in [4.78, 5) is 11.9. The van der Waals surface area contributed by atoms with Crippen molar-refractivity contribution in [2.24, 2.45) is 0 Å². The van der Waals surface area contributed by atoms with Crippen LogP contribution in [0.1, 0.15) is 6.42 Å². The summed E-state index contributed by atoms with van der Waals surface area (Å²) in [6, 6.07) is 14.8. The molecule has 27 heavy (non-hydrogen) atoms. The van der Waals surface area contributed by atoms with Gasteiger partial charge in [0.25, 0.3) is 0 Å². The number of anilines is 1. The van der Waals surface area contributed by atoms with Crippen LogP contribution in [0.5, 0.6) is 0 Å². The van der Waals surface area contributed by atoms with Crippen LogP contribution in [0.25, 0.3) is 10.8 Å². The molecule has 5 nitrogen and oxygen atoms in total. The number of hydrogen-bond donors (Lipinski definition) is 2. The van der Waals surface area contributed by atoms with Crippen molar-refractivity contribution in [1.29, 1.82) is 0 Å². The smallest absolute Gasteiger partial charge is 0.240 e. The molecule has 0 heterocycles. The summed E-state index contributed by atoms with van der Waals surface area (Å²) >= 11 is 0. The molecule has 8 heteroatoms. The van der Waals surface area contributed by atoms with Gasteiger partial charge in [0.15, 0.2) is 0 Å². The molecular weight excluding hydrogens is 374 g/mol. The van der Waals surface area contributed by atoms with Crippen LogP contribution >= 0.6 is 0 Å². The van der Waals surface area contributed by atoms with Gasteiger partial charge in [0.1, 0.15) is 11.6 Å². The maximum absolute atomic E-state index is 13.5. The third-order valence-electron chi connectivity index (χ3n) is 3.88. The third-order valence-corrected chi connectivity index (χ3v) is 5.34. The molecule has 2 N–H and O–H groups in total. The van der Waals surface area contributed by atoms with E-state index in [1.807, 2.05) is 18.2 Å². The van der Waals surface area contributed by atoms with Gasteiger partial charge in [-0.2, -0.15) is 0 Å². The van der Waals surface area contributed by atoms with Crippen LogP contribution < -0.4 is 10.0 Å². The average Bonchev–Trinajstić information content (AvgIpc) is 2.63. The summed E-state index contributed by atoms with van der Waals surface area (Å²) in [5, 5.41) is 3.97. The number of rotatable bonds is 6. The van der Waals surface area contributed by atoms with E-state index in [2.05, 4.69) is 10.0 Å². The molecule has 0 aliphatic rings. The van der Waals surface area contributed by atoms with E-state index in [9.17, 15) is 22.0 Å². The lowest BCUT2D eigenvalue weighted by Gasteiger charge is -2.09. The number of halogens is 2. The number of fused-ring (bicyclic) bond motifs is 1. The molecule has 0 saturated carbocycles. The fourth-order valence-corrected chi connectivity index (χ4v) is 3.59. The highest BCUT2D eigenvalue weighted by atomic mass is 32.2. The van der Waals surface area contributed by atoms with Crippen molar-refractivity contribution in [2.45, 2.75) is 11.3 Å². The van der Waals surface area contributed by atoms with Crippen LogP contribution in [0.3, 0.4) is 0 Å². The quantitative estimate of drug-likeness (QED) is 0.677. The van der Waals surface area contributed by atoms with Gasteiger partial charge < -0.3 is 5.32 Å². The topological polar surface area (TPSA) is 75.3 Å². The van der Waals surface area contributed by atoms with Gasteiger partial charge in [-0.3, -0.25) is 4.79 Å². The molecule has 0 unspecified atom stereocenters. The molecular formula is C19H16F2N2O3S. The first kappa shape index (κ1) is 18.9. The molecule has 0 atom stereocenters. The second-order valence-electron chi connectivity index (χ2n) is 5.83. The lowest BCUT2D eigenvalue weighted by atomic mass is 10.1. The first-order valence-electron chi connectivity index (χ1n) is 8.08. The zero-order valence-corrected chi connectivity index (χ0v) is 14.9. The number of hydrogen-bond acceptors (Lipinski definition) is 3. The summed E-state index contributed by atoms with van der Waals surface area (Å²) < 4.78 is 53.4. The Morgan fingerprint density at radius 3 is 2.41 bits per heavy atom. The zero-order valence-electron chi connectivity index (χ0n) is 14.1. The van der Waals surface area contributed by atoms with Crippen LogP contribution in [0.2, 0.25) is 0 Å². The predicted octanol–water partition coefficient (Wildman–Crippen LogP) is 3.43. The lowest BCUT2D eigenvalue weighted by molar-refractivity contribution is -0.116. The highest BCUT2D eigenvalue weighted by Crippen LogP contribution is 2.19. The summed E-state index contributed by atoms with van der Waals surface area (Å²) in [6.45, 7) is -0.163. The predicted molar refractivity (Wildman–Crippen MR) is 98.7 cm³/mol. The third kappa shape index (κ3) is 4.66. The average molecular weight is 390 g/mol. The van der Waals surface area contributed by atoms with Crippen molar-refractivity contribution >= 4 is 32.4 Å². The second-order valence-corrected chi connectivity index (χ2v) is 7.60. The molecule has 0 aromatic heterocycles. The number of sulfonamides is 1. The first-order valence-corrected chi connectivity index (χ1v) is 9.57. The van der Waals surface area contributed by atoms with Crippen LogP contribution in [0, 0.1) is 11.6 Å². The summed E-state index contributed by atoms with van der Waals surface area (Å²) in [5.41, 5.74) is -0.168. The Labute approximate surface area is 155 Å². The fraction of sp³-hybridized carbons (Fsp3) is 0.105. The molecule has 3 rings (SSSR count). The van der Waals surface area contributed by atoms with Crippen LogP contribution in [-0.4, -0.2) is 20.9 Å². The van der Waals surface area contributed by atoms with Crippen molar-refractivity contribution < 1.29 is 22.0 Å². The van der Waals surface area contributed by atoms with Gasteiger partial charge in [-0.1, -0.05) is 30.3 Å². The minimum Gasteiger partial charge on any atom is -0.324 e. The zero-order chi connectivity index (χ0) is 19.4. The number of nitrogens with one attached hydrogen (secondary N) is 2. The van der Waals surface area contributed by atoms with Crippen molar-refractivity contribution in [3.63, 3.8) is 0 Å². The van der Waals surface area contributed by atoms with Gasteiger partial charge in [-0.25, -0.2) is 21.9 Å². The van der Waals surface area contributed by atoms with E-state index in [1.54, 1.807) is 18.2 Å². The van der Waals surface area contributed by atoms with Gasteiger partial charge >= 0.3 is 0 Å². The van der Waals surface area contributed by atoms with E-state index in [0.29, 0.717) is 6.07 Å². The molecule has 0 spiro atoms. The monoisotopic (exact) mass is 390 g/mol. The molecule has 0 radical (unpaired) electrons. The van der Waals surface area contributed by atoms with Crippen LogP contribution in [-0.2, 0) is 14.8 Å². The minimum atomic E-state index is -3.79. The Balaban J connectivity index is 1.60. The van der Waals surface area contributed by atoms with Crippen molar-refractivity contribution in [3.8, 4) is 0 Å². The normalized spacial score (nSPS) is 11.5. The van der Waals surface area contributed by atoms with E-state index < -0.39 is 27.6 Å². The molecule has 0 saturated heterocycles. The largest absolute Gasteiger partial charge is 0.324 e. The first-order chi connectivity index (χ1) is 12.8. The van der Waals surface area contributed by atoms with E-state index in [0.717, 1.165) is 22.9 Å². The van der Waals surface area contributed by atoms with E-state index in [-0.39, 0.29) is 23.5 Å². The van der Waals surface area contributed by atoms with Gasteiger partial charge in [-0.05, 0) is 35.0 Å². The van der Waals surface area contributed by atoms with Gasteiger partial charge in [0, 0.05) is 19.0 Å². The number of carbonyl (C=O) groups excluding carboxylic acids is 1. The Hall–Kier alpha value is -2.84. The SMILES string of the molecule is O=C(CCNS(=O)(=O)c1ccc2ccccc2c1)Nc1ccc(F)cc1F. The summed E-state index contributed by atoms with van der Waals surface area (Å²) in [6.07, 6.45) is -0.205. The standard InChI is InChI=1S/C19H16F2N2O3S/c20-15-6-8-18(17(21)12-15)23-19(24)9-10-22-27(25,26)16-7-5-13-3-1-2-4-14(13)11-16/h1-8,11-12,22H,9-10H2,(H,23,24). The Morgan fingerprint density at radius 1 is 0.926 bits per heavy atom. The minimum absolute atomic E-state index is 0.0891.